The van der Waals surface area contributed by atoms with Gasteiger partial charge < -0.3 is 10.3 Å². The van der Waals surface area contributed by atoms with Gasteiger partial charge in [0.2, 0.25) is 5.91 Å². The Hall–Kier alpha value is -2.88. The van der Waals surface area contributed by atoms with E-state index in [-0.39, 0.29) is 23.4 Å². The molecule has 140 valence electrons. The molecule has 0 spiro atoms. The van der Waals surface area contributed by atoms with Crippen LogP contribution in [0.2, 0.25) is 0 Å². The minimum absolute atomic E-state index is 0.0391. The van der Waals surface area contributed by atoms with E-state index in [4.69, 9.17) is 0 Å². The van der Waals surface area contributed by atoms with Crippen molar-refractivity contribution in [2.45, 2.75) is 45.6 Å². The summed E-state index contributed by atoms with van der Waals surface area (Å²) in [5.74, 6) is -0.0391. The van der Waals surface area contributed by atoms with Crippen LogP contribution < -0.4 is 10.9 Å². The van der Waals surface area contributed by atoms with Crippen molar-refractivity contribution in [3.63, 3.8) is 0 Å². The van der Waals surface area contributed by atoms with E-state index in [0.717, 1.165) is 17.3 Å². The zero-order chi connectivity index (χ0) is 19.4. The Morgan fingerprint density at radius 3 is 2.52 bits per heavy atom. The molecule has 0 fully saturated rings. The van der Waals surface area contributed by atoms with Crippen LogP contribution in [0.15, 0.2) is 59.4 Å². The average molecular weight is 362 g/mol. The lowest BCUT2D eigenvalue weighted by atomic mass is 9.80. The quantitative estimate of drug-likeness (QED) is 0.690. The lowest BCUT2D eigenvalue weighted by Crippen LogP contribution is -2.28. The fourth-order valence-electron chi connectivity index (χ4n) is 3.18. The van der Waals surface area contributed by atoms with Crippen LogP contribution in [0, 0.1) is 6.92 Å². The van der Waals surface area contributed by atoms with E-state index >= 15 is 0 Å². The predicted molar refractivity (Wildman–Crippen MR) is 110 cm³/mol. The van der Waals surface area contributed by atoms with Crippen LogP contribution >= 0.6 is 0 Å². The molecule has 0 unspecified atom stereocenters. The van der Waals surface area contributed by atoms with E-state index in [0.29, 0.717) is 12.0 Å². The summed E-state index contributed by atoms with van der Waals surface area (Å²) in [6, 6.07) is 17.9. The van der Waals surface area contributed by atoms with E-state index in [1.807, 2.05) is 30.3 Å². The SMILES string of the molecule is Cc1ccc(C(C)(C)CCC(=O)NCc2cc3ccccc3[nH]c2=O)cc1. The summed E-state index contributed by atoms with van der Waals surface area (Å²) in [5.41, 5.74) is 3.59. The van der Waals surface area contributed by atoms with Gasteiger partial charge >= 0.3 is 0 Å². The maximum Gasteiger partial charge on any atom is 0.253 e. The third-order valence-corrected chi connectivity index (χ3v) is 5.12. The number of aromatic nitrogens is 1. The van der Waals surface area contributed by atoms with E-state index in [1.165, 1.54) is 11.1 Å². The lowest BCUT2D eigenvalue weighted by molar-refractivity contribution is -0.121. The average Bonchev–Trinajstić information content (AvgIpc) is 2.65. The molecule has 0 aliphatic carbocycles. The van der Waals surface area contributed by atoms with Gasteiger partial charge in [0.05, 0.1) is 0 Å². The van der Waals surface area contributed by atoms with E-state index in [2.05, 4.69) is 55.3 Å². The monoisotopic (exact) mass is 362 g/mol. The van der Waals surface area contributed by atoms with Crippen molar-refractivity contribution in [3.05, 3.63) is 81.6 Å². The van der Waals surface area contributed by atoms with Gasteiger partial charge in [-0.15, -0.1) is 0 Å². The van der Waals surface area contributed by atoms with Crippen molar-refractivity contribution < 1.29 is 4.79 Å². The normalized spacial score (nSPS) is 11.5. The van der Waals surface area contributed by atoms with Crippen molar-refractivity contribution in [1.29, 1.82) is 0 Å². The first-order chi connectivity index (χ1) is 12.8. The summed E-state index contributed by atoms with van der Waals surface area (Å²) in [5, 5.41) is 3.84. The van der Waals surface area contributed by atoms with Gasteiger partial charge in [0.15, 0.2) is 0 Å². The van der Waals surface area contributed by atoms with Gasteiger partial charge in [-0.1, -0.05) is 61.9 Å². The molecule has 0 aliphatic rings. The maximum atomic E-state index is 12.3. The maximum absolute atomic E-state index is 12.3. The Labute approximate surface area is 159 Å². The molecule has 0 radical (unpaired) electrons. The summed E-state index contributed by atoms with van der Waals surface area (Å²) in [4.78, 5) is 27.3. The van der Waals surface area contributed by atoms with Crippen LogP contribution in [-0.2, 0) is 16.8 Å². The third-order valence-electron chi connectivity index (χ3n) is 5.12. The number of rotatable bonds is 6. The van der Waals surface area contributed by atoms with Crippen LogP contribution in [0.5, 0.6) is 0 Å². The van der Waals surface area contributed by atoms with Gasteiger partial charge in [0, 0.05) is 24.0 Å². The molecule has 2 aromatic carbocycles. The van der Waals surface area contributed by atoms with Crippen molar-refractivity contribution >= 4 is 16.8 Å². The number of benzene rings is 2. The molecular formula is C23H26N2O2. The van der Waals surface area contributed by atoms with Gasteiger partial charge in [0.1, 0.15) is 0 Å². The molecule has 3 aromatic rings. The van der Waals surface area contributed by atoms with Crippen LogP contribution in [0.3, 0.4) is 0 Å². The molecular weight excluding hydrogens is 336 g/mol. The van der Waals surface area contributed by atoms with Gasteiger partial charge in [-0.25, -0.2) is 0 Å². The standard InChI is InChI=1S/C23H26N2O2/c1-16-8-10-19(11-9-16)23(2,3)13-12-21(26)24-15-18-14-17-6-4-5-7-20(17)25-22(18)27/h4-11,14H,12-13,15H2,1-3H3,(H,24,26)(H,25,27). The second kappa shape index (κ2) is 7.78. The Kier molecular flexibility index (Phi) is 5.45. The number of fused-ring (bicyclic) bond motifs is 1. The highest BCUT2D eigenvalue weighted by Gasteiger charge is 2.21. The van der Waals surface area contributed by atoms with Crippen molar-refractivity contribution in [1.82, 2.24) is 10.3 Å². The Bertz CT molecular complexity index is 1000. The second-order valence-electron chi connectivity index (χ2n) is 7.74. The zero-order valence-corrected chi connectivity index (χ0v) is 16.1. The number of amides is 1. The number of nitrogens with one attached hydrogen (secondary N) is 2. The third kappa shape index (κ3) is 4.64. The number of pyridine rings is 1. The molecule has 3 rings (SSSR count). The lowest BCUT2D eigenvalue weighted by Gasteiger charge is -2.25. The van der Waals surface area contributed by atoms with Crippen LogP contribution in [0.25, 0.3) is 10.9 Å². The Morgan fingerprint density at radius 1 is 1.07 bits per heavy atom. The van der Waals surface area contributed by atoms with Gasteiger partial charge in [-0.05, 0) is 41.8 Å². The number of carbonyl (C=O) groups excluding carboxylic acids is 1. The number of hydrogen-bond acceptors (Lipinski definition) is 2. The number of carbonyl (C=O) groups is 1. The van der Waals surface area contributed by atoms with Gasteiger partial charge in [-0.3, -0.25) is 9.59 Å². The zero-order valence-electron chi connectivity index (χ0n) is 16.1. The molecule has 1 aromatic heterocycles. The highest BCUT2D eigenvalue weighted by Crippen LogP contribution is 2.28. The fourth-order valence-corrected chi connectivity index (χ4v) is 3.18. The highest BCUT2D eigenvalue weighted by molar-refractivity contribution is 5.79. The molecule has 0 bridgehead atoms. The minimum atomic E-state index is -0.158. The molecule has 1 amide bonds. The number of H-pyrrole nitrogens is 1. The fraction of sp³-hybridized carbons (Fsp3) is 0.304. The molecule has 4 nitrogen and oxygen atoms in total. The Balaban J connectivity index is 1.59. The van der Waals surface area contributed by atoms with Crippen LogP contribution in [0.4, 0.5) is 0 Å². The summed E-state index contributed by atoms with van der Waals surface area (Å²) in [7, 11) is 0. The first-order valence-corrected chi connectivity index (χ1v) is 9.30. The largest absolute Gasteiger partial charge is 0.352 e. The molecule has 2 N–H and O–H groups in total. The summed E-state index contributed by atoms with van der Waals surface area (Å²) >= 11 is 0. The molecule has 1 heterocycles. The van der Waals surface area contributed by atoms with Crippen LogP contribution in [0.1, 0.15) is 43.4 Å². The van der Waals surface area contributed by atoms with E-state index in [1.54, 1.807) is 0 Å². The molecule has 4 heteroatoms. The first-order valence-electron chi connectivity index (χ1n) is 9.30. The molecule has 27 heavy (non-hydrogen) atoms. The number of aromatic amines is 1. The molecule has 0 saturated heterocycles. The smallest absolute Gasteiger partial charge is 0.253 e. The number of hydrogen-bond donors (Lipinski definition) is 2. The van der Waals surface area contributed by atoms with Crippen molar-refractivity contribution in [2.75, 3.05) is 0 Å². The minimum Gasteiger partial charge on any atom is -0.352 e. The first kappa shape index (κ1) is 18.9. The topological polar surface area (TPSA) is 62.0 Å². The number of para-hydroxylation sites is 1. The van der Waals surface area contributed by atoms with Crippen molar-refractivity contribution in [2.24, 2.45) is 0 Å². The number of aryl methyl sites for hydroxylation is 1. The van der Waals surface area contributed by atoms with Gasteiger partial charge in [-0.2, -0.15) is 0 Å². The van der Waals surface area contributed by atoms with E-state index in [9.17, 15) is 9.59 Å². The summed E-state index contributed by atoms with van der Waals surface area (Å²) < 4.78 is 0. The van der Waals surface area contributed by atoms with Crippen molar-refractivity contribution in [3.8, 4) is 0 Å². The molecule has 0 saturated carbocycles. The second-order valence-corrected chi connectivity index (χ2v) is 7.74. The predicted octanol–water partition coefficient (Wildman–Crippen LogP) is 4.21. The highest BCUT2D eigenvalue weighted by atomic mass is 16.1. The molecule has 0 aliphatic heterocycles. The molecule has 0 atom stereocenters. The Morgan fingerprint density at radius 2 is 1.78 bits per heavy atom. The van der Waals surface area contributed by atoms with E-state index < -0.39 is 0 Å². The van der Waals surface area contributed by atoms with Gasteiger partial charge in [0.25, 0.3) is 5.56 Å². The summed E-state index contributed by atoms with van der Waals surface area (Å²) in [6.07, 6.45) is 1.17. The summed E-state index contributed by atoms with van der Waals surface area (Å²) in [6.45, 7) is 6.61. The van der Waals surface area contributed by atoms with Crippen LogP contribution in [-0.4, -0.2) is 10.9 Å².